The fourth-order valence-electron chi connectivity index (χ4n) is 2.99. The largest absolute Gasteiger partial charge is 0.388 e. The van der Waals surface area contributed by atoms with Crippen molar-refractivity contribution in [3.05, 3.63) is 29.6 Å². The van der Waals surface area contributed by atoms with Gasteiger partial charge in [0.25, 0.3) is 0 Å². The number of anilines is 1. The van der Waals surface area contributed by atoms with Gasteiger partial charge in [-0.25, -0.2) is 4.39 Å². The van der Waals surface area contributed by atoms with Crippen LogP contribution in [0.1, 0.15) is 44.2 Å². The lowest BCUT2D eigenvalue weighted by Gasteiger charge is -2.30. The SMILES string of the molecule is CNC(C)c1ccc(N(C)CC2(O)CCCC2)c(F)c1. The molecule has 2 N–H and O–H groups in total. The Morgan fingerprint density at radius 3 is 2.60 bits per heavy atom. The van der Waals surface area contributed by atoms with Crippen LogP contribution in [0.15, 0.2) is 18.2 Å². The minimum absolute atomic E-state index is 0.128. The molecule has 0 bridgehead atoms. The topological polar surface area (TPSA) is 35.5 Å². The molecule has 1 unspecified atom stereocenters. The first-order chi connectivity index (χ1) is 9.45. The Balaban J connectivity index is 2.12. The van der Waals surface area contributed by atoms with E-state index in [1.807, 2.05) is 32.0 Å². The van der Waals surface area contributed by atoms with Gasteiger partial charge in [-0.05, 0) is 44.5 Å². The normalized spacial score (nSPS) is 19.1. The highest BCUT2D eigenvalue weighted by Gasteiger charge is 2.32. The molecule has 1 aromatic carbocycles. The molecule has 112 valence electrons. The average molecular weight is 280 g/mol. The molecule has 1 atom stereocenters. The van der Waals surface area contributed by atoms with Gasteiger partial charge in [0.05, 0.1) is 11.3 Å². The van der Waals surface area contributed by atoms with E-state index in [1.54, 1.807) is 12.1 Å². The number of aliphatic hydroxyl groups is 1. The number of halogens is 1. The smallest absolute Gasteiger partial charge is 0.146 e. The lowest BCUT2D eigenvalue weighted by Crippen LogP contribution is -2.39. The van der Waals surface area contributed by atoms with Crippen LogP contribution < -0.4 is 10.2 Å². The summed E-state index contributed by atoms with van der Waals surface area (Å²) < 4.78 is 14.2. The van der Waals surface area contributed by atoms with Crippen LogP contribution >= 0.6 is 0 Å². The Morgan fingerprint density at radius 2 is 2.05 bits per heavy atom. The second-order valence-electron chi connectivity index (χ2n) is 6.01. The second kappa shape index (κ2) is 6.10. The Hall–Kier alpha value is -1.13. The van der Waals surface area contributed by atoms with E-state index in [9.17, 15) is 9.50 Å². The van der Waals surface area contributed by atoms with Gasteiger partial charge in [0.2, 0.25) is 0 Å². The third-order valence-electron chi connectivity index (χ3n) is 4.38. The molecule has 0 amide bonds. The third-order valence-corrected chi connectivity index (χ3v) is 4.38. The van der Waals surface area contributed by atoms with Gasteiger partial charge in [-0.3, -0.25) is 0 Å². The molecule has 1 saturated carbocycles. The van der Waals surface area contributed by atoms with Crippen LogP contribution in [-0.4, -0.2) is 31.3 Å². The highest BCUT2D eigenvalue weighted by Crippen LogP contribution is 2.32. The van der Waals surface area contributed by atoms with E-state index in [0.717, 1.165) is 31.2 Å². The summed E-state index contributed by atoms with van der Waals surface area (Å²) in [6, 6.07) is 5.44. The molecule has 1 aliphatic rings. The summed E-state index contributed by atoms with van der Waals surface area (Å²) in [7, 11) is 3.70. The van der Waals surface area contributed by atoms with Crippen LogP contribution in [0.25, 0.3) is 0 Å². The van der Waals surface area contributed by atoms with Crippen LogP contribution in [-0.2, 0) is 0 Å². The predicted molar refractivity (Wildman–Crippen MR) is 80.6 cm³/mol. The summed E-state index contributed by atoms with van der Waals surface area (Å²) in [6.07, 6.45) is 3.75. The van der Waals surface area contributed by atoms with E-state index in [1.165, 1.54) is 0 Å². The van der Waals surface area contributed by atoms with Crippen molar-refractivity contribution in [2.24, 2.45) is 0 Å². The molecule has 20 heavy (non-hydrogen) atoms. The first-order valence-corrected chi connectivity index (χ1v) is 7.35. The highest BCUT2D eigenvalue weighted by molar-refractivity contribution is 5.49. The van der Waals surface area contributed by atoms with Crippen molar-refractivity contribution in [3.8, 4) is 0 Å². The molecule has 0 radical (unpaired) electrons. The highest BCUT2D eigenvalue weighted by atomic mass is 19.1. The van der Waals surface area contributed by atoms with E-state index in [-0.39, 0.29) is 11.9 Å². The van der Waals surface area contributed by atoms with Gasteiger partial charge in [-0.15, -0.1) is 0 Å². The summed E-state index contributed by atoms with van der Waals surface area (Å²) >= 11 is 0. The number of hydrogen-bond donors (Lipinski definition) is 2. The molecule has 1 aromatic rings. The first-order valence-electron chi connectivity index (χ1n) is 7.35. The van der Waals surface area contributed by atoms with Crippen molar-refractivity contribution in [2.45, 2.75) is 44.2 Å². The lowest BCUT2D eigenvalue weighted by atomic mass is 10.0. The van der Waals surface area contributed by atoms with E-state index in [0.29, 0.717) is 12.2 Å². The maximum absolute atomic E-state index is 14.2. The summed E-state index contributed by atoms with van der Waals surface area (Å²) in [5, 5.41) is 13.5. The predicted octanol–water partition coefficient (Wildman–Crippen LogP) is 2.85. The molecule has 2 rings (SSSR count). The molecule has 1 aliphatic carbocycles. The van der Waals surface area contributed by atoms with Crippen molar-refractivity contribution >= 4 is 5.69 Å². The standard InChI is InChI=1S/C16H25FN2O/c1-12(18-2)13-6-7-15(14(17)10-13)19(3)11-16(20)8-4-5-9-16/h6-7,10,12,18,20H,4-5,8-9,11H2,1-3H3. The summed E-state index contributed by atoms with van der Waals surface area (Å²) in [4.78, 5) is 1.83. The van der Waals surface area contributed by atoms with Crippen molar-refractivity contribution in [3.63, 3.8) is 0 Å². The summed E-state index contributed by atoms with van der Waals surface area (Å²) in [5.74, 6) is -0.228. The zero-order chi connectivity index (χ0) is 14.8. The van der Waals surface area contributed by atoms with E-state index in [4.69, 9.17) is 0 Å². The summed E-state index contributed by atoms with van der Waals surface area (Å²) in [6.45, 7) is 2.49. The van der Waals surface area contributed by atoms with Gasteiger partial charge in [0, 0.05) is 19.6 Å². The molecule has 0 aliphatic heterocycles. The number of nitrogens with zero attached hydrogens (tertiary/aromatic N) is 1. The van der Waals surface area contributed by atoms with E-state index in [2.05, 4.69) is 5.32 Å². The molecular weight excluding hydrogens is 255 g/mol. The third kappa shape index (κ3) is 3.30. The molecule has 0 aromatic heterocycles. The van der Waals surface area contributed by atoms with Gasteiger partial charge < -0.3 is 15.3 Å². The Morgan fingerprint density at radius 1 is 1.40 bits per heavy atom. The number of nitrogens with one attached hydrogen (secondary N) is 1. The Kier molecular flexibility index (Phi) is 4.66. The monoisotopic (exact) mass is 280 g/mol. The number of hydrogen-bond acceptors (Lipinski definition) is 3. The molecule has 0 saturated heterocycles. The number of benzene rings is 1. The molecular formula is C16H25FN2O. The van der Waals surface area contributed by atoms with Crippen molar-refractivity contribution in [1.82, 2.24) is 5.32 Å². The van der Waals surface area contributed by atoms with Crippen molar-refractivity contribution in [1.29, 1.82) is 0 Å². The quantitative estimate of drug-likeness (QED) is 0.870. The van der Waals surface area contributed by atoms with Crippen LogP contribution in [0.4, 0.5) is 10.1 Å². The fourth-order valence-corrected chi connectivity index (χ4v) is 2.99. The molecule has 3 nitrogen and oxygen atoms in total. The molecule has 0 spiro atoms. The van der Waals surface area contributed by atoms with E-state index < -0.39 is 5.60 Å². The minimum atomic E-state index is -0.655. The zero-order valence-corrected chi connectivity index (χ0v) is 12.6. The summed E-state index contributed by atoms with van der Waals surface area (Å²) in [5.41, 5.74) is 0.831. The lowest BCUT2D eigenvalue weighted by molar-refractivity contribution is 0.0558. The molecule has 1 fully saturated rings. The Labute approximate surface area is 120 Å². The number of rotatable bonds is 5. The number of likely N-dealkylation sites (N-methyl/N-ethyl adjacent to an activating group) is 1. The van der Waals surface area contributed by atoms with Crippen LogP contribution in [0.2, 0.25) is 0 Å². The average Bonchev–Trinajstić information content (AvgIpc) is 2.83. The van der Waals surface area contributed by atoms with Crippen molar-refractivity contribution in [2.75, 3.05) is 25.5 Å². The van der Waals surface area contributed by atoms with Gasteiger partial charge >= 0.3 is 0 Å². The minimum Gasteiger partial charge on any atom is -0.388 e. The maximum atomic E-state index is 14.2. The van der Waals surface area contributed by atoms with Gasteiger partial charge in [-0.1, -0.05) is 18.9 Å². The Bertz CT molecular complexity index is 458. The first kappa shape index (κ1) is 15.3. The maximum Gasteiger partial charge on any atom is 0.146 e. The van der Waals surface area contributed by atoms with Gasteiger partial charge in [0.15, 0.2) is 0 Å². The van der Waals surface area contributed by atoms with Gasteiger partial charge in [0.1, 0.15) is 5.82 Å². The van der Waals surface area contributed by atoms with Crippen LogP contribution in [0.3, 0.4) is 0 Å². The fraction of sp³-hybridized carbons (Fsp3) is 0.625. The van der Waals surface area contributed by atoms with Crippen molar-refractivity contribution < 1.29 is 9.50 Å². The van der Waals surface area contributed by atoms with Crippen LogP contribution in [0.5, 0.6) is 0 Å². The van der Waals surface area contributed by atoms with E-state index >= 15 is 0 Å². The second-order valence-corrected chi connectivity index (χ2v) is 6.01. The molecule has 4 heteroatoms. The van der Waals surface area contributed by atoms with Gasteiger partial charge in [-0.2, -0.15) is 0 Å². The zero-order valence-electron chi connectivity index (χ0n) is 12.6. The molecule has 0 heterocycles. The van der Waals surface area contributed by atoms with Crippen LogP contribution in [0, 0.1) is 5.82 Å².